The Morgan fingerprint density at radius 2 is 2.38 bits per heavy atom. The monoisotopic (exact) mass is 186 g/mol. The predicted molar refractivity (Wildman–Crippen MR) is 55.0 cm³/mol. The molecule has 0 aromatic carbocycles. The molecule has 1 aliphatic rings. The van der Waals surface area contributed by atoms with Crippen molar-refractivity contribution in [2.75, 3.05) is 39.4 Å². The molecule has 1 atom stereocenters. The fourth-order valence-corrected chi connectivity index (χ4v) is 1.73. The largest absolute Gasteiger partial charge is 0.382 e. The highest BCUT2D eigenvalue weighted by atomic mass is 16.5. The number of nitrogens with zero attached hydrogens (tertiary/aromatic N) is 1. The second kappa shape index (κ2) is 6.35. The molecule has 3 heteroatoms. The van der Waals surface area contributed by atoms with E-state index in [4.69, 9.17) is 4.74 Å². The normalized spacial score (nSPS) is 24.9. The molecule has 13 heavy (non-hydrogen) atoms. The van der Waals surface area contributed by atoms with Gasteiger partial charge in [-0.2, -0.15) is 0 Å². The minimum absolute atomic E-state index is 0.690. The lowest BCUT2D eigenvalue weighted by molar-refractivity contribution is 0.115. The van der Waals surface area contributed by atoms with E-state index >= 15 is 0 Å². The van der Waals surface area contributed by atoms with E-state index < -0.39 is 0 Å². The van der Waals surface area contributed by atoms with E-state index in [1.807, 2.05) is 6.92 Å². The summed E-state index contributed by atoms with van der Waals surface area (Å²) in [6.45, 7) is 10.7. The van der Waals surface area contributed by atoms with Gasteiger partial charge in [-0.1, -0.05) is 0 Å². The van der Waals surface area contributed by atoms with Crippen LogP contribution in [0.4, 0.5) is 0 Å². The molecule has 0 bridgehead atoms. The second-order valence-corrected chi connectivity index (χ2v) is 3.64. The lowest BCUT2D eigenvalue weighted by atomic mass is 10.2. The van der Waals surface area contributed by atoms with Gasteiger partial charge in [-0.3, -0.25) is 4.90 Å². The van der Waals surface area contributed by atoms with Crippen LogP contribution in [0, 0.1) is 0 Å². The first-order chi connectivity index (χ1) is 6.34. The molecular weight excluding hydrogens is 164 g/mol. The van der Waals surface area contributed by atoms with E-state index in [9.17, 15) is 0 Å². The van der Waals surface area contributed by atoms with Crippen molar-refractivity contribution >= 4 is 0 Å². The Hall–Kier alpha value is -0.120. The van der Waals surface area contributed by atoms with Gasteiger partial charge in [-0.05, 0) is 20.3 Å². The third kappa shape index (κ3) is 4.07. The van der Waals surface area contributed by atoms with Crippen molar-refractivity contribution in [3.8, 4) is 0 Å². The number of hydrogen-bond donors (Lipinski definition) is 1. The zero-order chi connectivity index (χ0) is 9.52. The highest BCUT2D eigenvalue weighted by Crippen LogP contribution is 2.02. The molecule has 1 fully saturated rings. The average molecular weight is 186 g/mol. The van der Waals surface area contributed by atoms with Gasteiger partial charge < -0.3 is 10.1 Å². The summed E-state index contributed by atoms with van der Waals surface area (Å²) in [7, 11) is 0. The van der Waals surface area contributed by atoms with Crippen LogP contribution in [0.15, 0.2) is 0 Å². The van der Waals surface area contributed by atoms with Gasteiger partial charge >= 0.3 is 0 Å². The Morgan fingerprint density at radius 1 is 1.54 bits per heavy atom. The molecule has 3 nitrogen and oxygen atoms in total. The van der Waals surface area contributed by atoms with Crippen molar-refractivity contribution in [2.45, 2.75) is 26.3 Å². The molecule has 0 aromatic heterocycles. The van der Waals surface area contributed by atoms with E-state index in [0.29, 0.717) is 6.04 Å². The maximum absolute atomic E-state index is 5.32. The van der Waals surface area contributed by atoms with Crippen molar-refractivity contribution in [1.82, 2.24) is 10.2 Å². The smallest absolute Gasteiger partial charge is 0.0478 e. The van der Waals surface area contributed by atoms with Gasteiger partial charge in [0.2, 0.25) is 0 Å². The van der Waals surface area contributed by atoms with Crippen LogP contribution in [-0.4, -0.2) is 50.3 Å². The summed E-state index contributed by atoms with van der Waals surface area (Å²) in [6.07, 6.45) is 1.16. The molecule has 0 radical (unpaired) electrons. The summed E-state index contributed by atoms with van der Waals surface area (Å²) in [5.74, 6) is 0. The van der Waals surface area contributed by atoms with Crippen LogP contribution in [0.1, 0.15) is 20.3 Å². The molecule has 0 aromatic rings. The van der Waals surface area contributed by atoms with Gasteiger partial charge in [-0.15, -0.1) is 0 Å². The van der Waals surface area contributed by atoms with Crippen molar-refractivity contribution in [1.29, 1.82) is 0 Å². The Kier molecular flexibility index (Phi) is 5.35. The second-order valence-electron chi connectivity index (χ2n) is 3.64. The Morgan fingerprint density at radius 3 is 3.08 bits per heavy atom. The molecule has 1 unspecified atom stereocenters. The standard InChI is InChI=1S/C10H22N2O/c1-3-13-8-4-6-12-7-5-11-9-10(12)2/h10-11H,3-9H2,1-2H3. The summed E-state index contributed by atoms with van der Waals surface area (Å²) in [5, 5.41) is 3.39. The Labute approximate surface area is 81.4 Å². The summed E-state index contributed by atoms with van der Waals surface area (Å²) in [6, 6.07) is 0.690. The van der Waals surface area contributed by atoms with E-state index in [1.165, 1.54) is 13.1 Å². The molecule has 1 N–H and O–H groups in total. The van der Waals surface area contributed by atoms with Crippen LogP contribution in [0.2, 0.25) is 0 Å². The molecule has 1 heterocycles. The highest BCUT2D eigenvalue weighted by Gasteiger charge is 2.16. The first-order valence-electron chi connectivity index (χ1n) is 5.37. The lowest BCUT2D eigenvalue weighted by Gasteiger charge is -2.33. The number of piperazine rings is 1. The minimum atomic E-state index is 0.690. The van der Waals surface area contributed by atoms with Crippen molar-refractivity contribution in [3.63, 3.8) is 0 Å². The fourth-order valence-electron chi connectivity index (χ4n) is 1.73. The predicted octanol–water partition coefficient (Wildman–Crippen LogP) is 0.707. The molecule has 0 amide bonds. The van der Waals surface area contributed by atoms with Crippen molar-refractivity contribution < 1.29 is 4.74 Å². The quantitative estimate of drug-likeness (QED) is 0.640. The van der Waals surface area contributed by atoms with E-state index in [-0.39, 0.29) is 0 Å². The molecule has 78 valence electrons. The summed E-state index contributed by atoms with van der Waals surface area (Å²) >= 11 is 0. The van der Waals surface area contributed by atoms with Crippen LogP contribution in [0.25, 0.3) is 0 Å². The van der Waals surface area contributed by atoms with E-state index in [0.717, 1.165) is 32.7 Å². The number of rotatable bonds is 5. The number of nitrogens with one attached hydrogen (secondary N) is 1. The van der Waals surface area contributed by atoms with E-state index in [2.05, 4.69) is 17.1 Å². The van der Waals surface area contributed by atoms with Gasteiger partial charge in [0.05, 0.1) is 0 Å². The van der Waals surface area contributed by atoms with Gasteiger partial charge in [-0.25, -0.2) is 0 Å². The topological polar surface area (TPSA) is 24.5 Å². The van der Waals surface area contributed by atoms with Crippen molar-refractivity contribution in [2.24, 2.45) is 0 Å². The zero-order valence-corrected chi connectivity index (χ0v) is 8.88. The molecular formula is C10H22N2O. The molecule has 0 saturated carbocycles. The minimum Gasteiger partial charge on any atom is -0.382 e. The Balaban J connectivity index is 2.05. The van der Waals surface area contributed by atoms with E-state index in [1.54, 1.807) is 0 Å². The molecule has 0 spiro atoms. The number of hydrogen-bond acceptors (Lipinski definition) is 3. The summed E-state index contributed by atoms with van der Waals surface area (Å²) in [4.78, 5) is 2.54. The van der Waals surface area contributed by atoms with Gasteiger partial charge in [0.25, 0.3) is 0 Å². The van der Waals surface area contributed by atoms with Gasteiger partial charge in [0.15, 0.2) is 0 Å². The number of ether oxygens (including phenoxy) is 1. The first kappa shape index (κ1) is 11.0. The van der Waals surface area contributed by atoms with Gasteiger partial charge in [0, 0.05) is 45.4 Å². The first-order valence-corrected chi connectivity index (χ1v) is 5.37. The molecule has 1 aliphatic heterocycles. The van der Waals surface area contributed by atoms with Crippen LogP contribution in [0.3, 0.4) is 0 Å². The summed E-state index contributed by atoms with van der Waals surface area (Å²) in [5.41, 5.74) is 0. The highest BCUT2D eigenvalue weighted by molar-refractivity contribution is 4.75. The Bertz CT molecular complexity index is 130. The molecule has 1 saturated heterocycles. The molecule has 1 rings (SSSR count). The van der Waals surface area contributed by atoms with Crippen LogP contribution < -0.4 is 5.32 Å². The van der Waals surface area contributed by atoms with Crippen molar-refractivity contribution in [3.05, 3.63) is 0 Å². The molecule has 0 aliphatic carbocycles. The van der Waals surface area contributed by atoms with Crippen LogP contribution >= 0.6 is 0 Å². The lowest BCUT2D eigenvalue weighted by Crippen LogP contribution is -2.50. The zero-order valence-electron chi connectivity index (χ0n) is 8.88. The average Bonchev–Trinajstić information content (AvgIpc) is 2.15. The van der Waals surface area contributed by atoms with Crippen LogP contribution in [0.5, 0.6) is 0 Å². The third-order valence-electron chi connectivity index (χ3n) is 2.58. The summed E-state index contributed by atoms with van der Waals surface area (Å²) < 4.78 is 5.32. The maximum atomic E-state index is 5.32. The SMILES string of the molecule is CCOCCCN1CCNCC1C. The third-order valence-corrected chi connectivity index (χ3v) is 2.58. The fraction of sp³-hybridized carbons (Fsp3) is 1.00. The van der Waals surface area contributed by atoms with Crippen LogP contribution in [-0.2, 0) is 4.74 Å². The maximum Gasteiger partial charge on any atom is 0.0478 e. The van der Waals surface area contributed by atoms with Gasteiger partial charge in [0.1, 0.15) is 0 Å².